The van der Waals surface area contributed by atoms with Crippen LogP contribution in [-0.2, 0) is 0 Å². The zero-order valence-corrected chi connectivity index (χ0v) is 9.19. The molecule has 5 heteroatoms. The lowest BCUT2D eigenvalue weighted by Gasteiger charge is -2.12. The van der Waals surface area contributed by atoms with E-state index in [1.165, 1.54) is 0 Å². The lowest BCUT2D eigenvalue weighted by Crippen LogP contribution is -2.08. The van der Waals surface area contributed by atoms with Crippen LogP contribution >= 0.6 is 11.6 Å². The Labute approximate surface area is 92.5 Å². The maximum absolute atomic E-state index is 5.56. The molecule has 0 atom stereocenters. The minimum atomic E-state index is 0.0558. The van der Waals surface area contributed by atoms with Gasteiger partial charge in [-0.15, -0.1) is 5.10 Å². The van der Waals surface area contributed by atoms with E-state index < -0.39 is 0 Å². The van der Waals surface area contributed by atoms with Gasteiger partial charge in [0, 0.05) is 25.3 Å². The normalized spacial score (nSPS) is 10.3. The highest BCUT2D eigenvalue weighted by atomic mass is 35.5. The van der Waals surface area contributed by atoms with Crippen molar-refractivity contribution in [3.63, 3.8) is 0 Å². The standard InChI is InChI=1S/C10H10ClN3O/c1-14(2)8-5-3-4-7(6-8)9-12-13-10(11)15-9/h3-6H,1-2H3. The van der Waals surface area contributed by atoms with Crippen LogP contribution in [0.5, 0.6) is 0 Å². The van der Waals surface area contributed by atoms with Gasteiger partial charge in [0.15, 0.2) is 0 Å². The zero-order valence-electron chi connectivity index (χ0n) is 8.44. The molecule has 0 spiro atoms. The van der Waals surface area contributed by atoms with E-state index in [0.717, 1.165) is 11.3 Å². The Morgan fingerprint density at radius 2 is 2.07 bits per heavy atom. The van der Waals surface area contributed by atoms with Crippen LogP contribution in [0, 0.1) is 0 Å². The fraction of sp³-hybridized carbons (Fsp3) is 0.200. The average Bonchev–Trinajstić information content (AvgIpc) is 2.65. The Kier molecular flexibility index (Phi) is 2.60. The first-order valence-corrected chi connectivity index (χ1v) is 4.81. The Morgan fingerprint density at radius 3 is 2.67 bits per heavy atom. The second kappa shape index (κ2) is 3.90. The molecule has 1 heterocycles. The average molecular weight is 224 g/mol. The predicted molar refractivity (Wildman–Crippen MR) is 59.1 cm³/mol. The molecule has 0 saturated heterocycles. The number of rotatable bonds is 2. The Bertz CT molecular complexity index is 467. The van der Waals surface area contributed by atoms with E-state index in [0.29, 0.717) is 5.89 Å². The van der Waals surface area contributed by atoms with Crippen molar-refractivity contribution in [1.82, 2.24) is 10.2 Å². The largest absolute Gasteiger partial charge is 0.407 e. The molecular formula is C10H10ClN3O. The number of anilines is 1. The Morgan fingerprint density at radius 1 is 1.27 bits per heavy atom. The summed E-state index contributed by atoms with van der Waals surface area (Å²) in [6, 6.07) is 7.80. The quantitative estimate of drug-likeness (QED) is 0.784. The second-order valence-corrected chi connectivity index (χ2v) is 3.63. The van der Waals surface area contributed by atoms with Crippen LogP contribution in [0.1, 0.15) is 0 Å². The molecule has 0 aliphatic heterocycles. The maximum atomic E-state index is 5.56. The summed E-state index contributed by atoms with van der Waals surface area (Å²) in [4.78, 5) is 2.00. The zero-order chi connectivity index (χ0) is 10.8. The first-order valence-electron chi connectivity index (χ1n) is 4.43. The molecular weight excluding hydrogens is 214 g/mol. The van der Waals surface area contributed by atoms with E-state index in [9.17, 15) is 0 Å². The van der Waals surface area contributed by atoms with Gasteiger partial charge in [0.25, 0.3) is 0 Å². The van der Waals surface area contributed by atoms with Crippen molar-refractivity contribution in [2.75, 3.05) is 19.0 Å². The van der Waals surface area contributed by atoms with Gasteiger partial charge in [-0.25, -0.2) is 0 Å². The smallest absolute Gasteiger partial charge is 0.313 e. The van der Waals surface area contributed by atoms with Crippen molar-refractivity contribution in [1.29, 1.82) is 0 Å². The summed E-state index contributed by atoms with van der Waals surface area (Å²) in [6.07, 6.45) is 0. The van der Waals surface area contributed by atoms with E-state index in [2.05, 4.69) is 10.2 Å². The predicted octanol–water partition coefficient (Wildman–Crippen LogP) is 2.46. The molecule has 0 bridgehead atoms. The maximum Gasteiger partial charge on any atom is 0.313 e. The highest BCUT2D eigenvalue weighted by Gasteiger charge is 2.07. The van der Waals surface area contributed by atoms with Gasteiger partial charge >= 0.3 is 5.35 Å². The van der Waals surface area contributed by atoms with Gasteiger partial charge in [-0.1, -0.05) is 11.2 Å². The number of halogens is 1. The summed E-state index contributed by atoms with van der Waals surface area (Å²) in [5.41, 5.74) is 1.93. The minimum absolute atomic E-state index is 0.0558. The number of nitrogens with zero attached hydrogens (tertiary/aromatic N) is 3. The van der Waals surface area contributed by atoms with Crippen LogP contribution in [0.2, 0.25) is 5.35 Å². The molecule has 0 aliphatic rings. The van der Waals surface area contributed by atoms with Crippen LogP contribution in [0.4, 0.5) is 5.69 Å². The molecule has 4 nitrogen and oxygen atoms in total. The molecule has 0 fully saturated rings. The molecule has 2 aromatic rings. The molecule has 2 rings (SSSR count). The Hall–Kier alpha value is -1.55. The van der Waals surface area contributed by atoms with Crippen molar-refractivity contribution in [3.05, 3.63) is 29.6 Å². The van der Waals surface area contributed by atoms with Crippen molar-refractivity contribution in [2.24, 2.45) is 0 Å². The summed E-state index contributed by atoms with van der Waals surface area (Å²) in [7, 11) is 3.94. The minimum Gasteiger partial charge on any atom is -0.407 e. The van der Waals surface area contributed by atoms with Crippen LogP contribution in [0.25, 0.3) is 11.5 Å². The summed E-state index contributed by atoms with van der Waals surface area (Å²) in [5, 5.41) is 7.48. The summed E-state index contributed by atoms with van der Waals surface area (Å²) in [6.45, 7) is 0. The highest BCUT2D eigenvalue weighted by Crippen LogP contribution is 2.23. The van der Waals surface area contributed by atoms with Crippen molar-refractivity contribution < 1.29 is 4.42 Å². The van der Waals surface area contributed by atoms with Crippen molar-refractivity contribution >= 4 is 17.3 Å². The summed E-state index contributed by atoms with van der Waals surface area (Å²) in [5.74, 6) is 0.434. The summed E-state index contributed by atoms with van der Waals surface area (Å²) < 4.78 is 5.13. The first kappa shape index (κ1) is 9.98. The molecule has 0 unspecified atom stereocenters. The monoisotopic (exact) mass is 223 g/mol. The van der Waals surface area contributed by atoms with Gasteiger partial charge in [0.05, 0.1) is 0 Å². The SMILES string of the molecule is CN(C)c1cccc(-c2nnc(Cl)o2)c1. The molecule has 1 aromatic carbocycles. The van der Waals surface area contributed by atoms with Crippen molar-refractivity contribution in [3.8, 4) is 11.5 Å². The van der Waals surface area contributed by atoms with Crippen LogP contribution < -0.4 is 4.90 Å². The van der Waals surface area contributed by atoms with Crippen LogP contribution in [0.3, 0.4) is 0 Å². The topological polar surface area (TPSA) is 42.2 Å². The van der Waals surface area contributed by atoms with E-state index in [-0.39, 0.29) is 5.35 Å². The molecule has 15 heavy (non-hydrogen) atoms. The van der Waals surface area contributed by atoms with Gasteiger partial charge in [0.1, 0.15) is 0 Å². The molecule has 0 aliphatic carbocycles. The third-order valence-electron chi connectivity index (χ3n) is 2.01. The molecule has 78 valence electrons. The molecule has 0 saturated carbocycles. The lowest BCUT2D eigenvalue weighted by atomic mass is 10.2. The van der Waals surface area contributed by atoms with Gasteiger partial charge in [-0.2, -0.15) is 0 Å². The second-order valence-electron chi connectivity index (χ2n) is 3.30. The van der Waals surface area contributed by atoms with E-state index in [1.807, 2.05) is 43.3 Å². The lowest BCUT2D eigenvalue weighted by molar-refractivity contribution is 0.571. The first-order chi connectivity index (χ1) is 7.16. The van der Waals surface area contributed by atoms with E-state index >= 15 is 0 Å². The van der Waals surface area contributed by atoms with Crippen molar-refractivity contribution in [2.45, 2.75) is 0 Å². The number of benzene rings is 1. The van der Waals surface area contributed by atoms with E-state index in [4.69, 9.17) is 16.0 Å². The summed E-state index contributed by atoms with van der Waals surface area (Å²) >= 11 is 5.56. The molecule has 0 amide bonds. The van der Waals surface area contributed by atoms with Crippen LogP contribution in [0.15, 0.2) is 28.7 Å². The molecule has 1 aromatic heterocycles. The fourth-order valence-corrected chi connectivity index (χ4v) is 1.35. The van der Waals surface area contributed by atoms with Gasteiger partial charge in [-0.3, -0.25) is 0 Å². The van der Waals surface area contributed by atoms with Gasteiger partial charge in [0.2, 0.25) is 5.89 Å². The van der Waals surface area contributed by atoms with E-state index in [1.54, 1.807) is 0 Å². The number of hydrogen-bond donors (Lipinski definition) is 0. The number of aromatic nitrogens is 2. The fourth-order valence-electron chi connectivity index (χ4n) is 1.24. The molecule has 0 N–H and O–H groups in total. The van der Waals surface area contributed by atoms with Gasteiger partial charge in [-0.05, 0) is 29.8 Å². The highest BCUT2D eigenvalue weighted by molar-refractivity contribution is 6.27. The third kappa shape index (κ3) is 2.10. The van der Waals surface area contributed by atoms with Gasteiger partial charge < -0.3 is 9.32 Å². The number of hydrogen-bond acceptors (Lipinski definition) is 4. The van der Waals surface area contributed by atoms with Crippen LogP contribution in [-0.4, -0.2) is 24.3 Å². The third-order valence-corrected chi connectivity index (χ3v) is 2.16. The Balaban J connectivity index is 2.41. The molecule has 0 radical (unpaired) electrons.